The largest absolute Gasteiger partial charge is 0.335 e. The molecule has 0 aliphatic heterocycles. The number of aromatic nitrogens is 2. The number of hydrogen-bond acceptors (Lipinski definition) is 4. The van der Waals surface area contributed by atoms with Gasteiger partial charge < -0.3 is 0 Å². The van der Waals surface area contributed by atoms with Crippen molar-refractivity contribution in [3.8, 4) is 0 Å². The van der Waals surface area contributed by atoms with E-state index >= 15 is 0 Å². The highest BCUT2D eigenvalue weighted by Crippen LogP contribution is 2.19. The van der Waals surface area contributed by atoms with Gasteiger partial charge >= 0.3 is 6.03 Å². The molecular weight excluding hydrogens is 386 g/mol. The van der Waals surface area contributed by atoms with Gasteiger partial charge in [0.2, 0.25) is 0 Å². The molecule has 0 spiro atoms. The van der Waals surface area contributed by atoms with Crippen molar-refractivity contribution >= 4 is 41.1 Å². The maximum Gasteiger partial charge on any atom is 0.335 e. The topological polar surface area (TPSA) is 73.1 Å². The molecule has 3 aromatic carbocycles. The number of rotatable bonds is 2. The van der Waals surface area contributed by atoms with Crippen LogP contribution in [-0.2, 0) is 0 Å². The molecule has 4 aromatic rings. The number of hydrogen-bond donors (Lipinski definition) is 1. The smallest absolute Gasteiger partial charge is 0.273 e. The summed E-state index contributed by atoms with van der Waals surface area (Å²) < 4.78 is 2.44. The minimum Gasteiger partial charge on any atom is -0.273 e. The average Bonchev–Trinajstić information content (AvgIpc) is 3.06. The summed E-state index contributed by atoms with van der Waals surface area (Å²) in [5, 5.41) is 2.33. The first-order chi connectivity index (χ1) is 14.1. The summed E-state index contributed by atoms with van der Waals surface area (Å²) in [7, 11) is 0. The first-order valence-corrected chi connectivity index (χ1v) is 9.22. The Labute approximate surface area is 171 Å². The zero-order valence-corrected chi connectivity index (χ0v) is 15.9. The van der Waals surface area contributed by atoms with Crippen LogP contribution >= 0.6 is 12.2 Å². The van der Waals surface area contributed by atoms with Gasteiger partial charge in [-0.05, 0) is 48.6 Å². The Morgan fingerprint density at radius 1 is 0.655 bits per heavy atom. The second kappa shape index (κ2) is 7.65. The Kier molecular flexibility index (Phi) is 4.88. The number of fused-ring (bicyclic) bond motifs is 1. The Morgan fingerprint density at radius 3 is 1.72 bits per heavy atom. The third-order valence-corrected chi connectivity index (χ3v) is 4.79. The number of carbonyl (C=O) groups excluding carboxylic acids is 3. The van der Waals surface area contributed by atoms with Gasteiger partial charge in [-0.25, -0.2) is 9.36 Å². The van der Waals surface area contributed by atoms with Gasteiger partial charge in [0, 0.05) is 11.1 Å². The zero-order chi connectivity index (χ0) is 20.4. The highest BCUT2D eigenvalue weighted by atomic mass is 32.1. The minimum absolute atomic E-state index is 0.0154. The van der Waals surface area contributed by atoms with Crippen LogP contribution in [0, 0.1) is 4.77 Å². The molecule has 0 radical (unpaired) electrons. The van der Waals surface area contributed by atoms with Crippen LogP contribution in [0.15, 0.2) is 84.9 Å². The molecule has 0 fully saturated rings. The van der Waals surface area contributed by atoms with Crippen LogP contribution in [0.1, 0.15) is 20.7 Å². The summed E-state index contributed by atoms with van der Waals surface area (Å²) in [5.41, 5.74) is 1.69. The molecule has 0 unspecified atom stereocenters. The van der Waals surface area contributed by atoms with Crippen molar-refractivity contribution < 1.29 is 14.4 Å². The van der Waals surface area contributed by atoms with E-state index in [1.807, 2.05) is 6.07 Å². The third kappa shape index (κ3) is 3.39. The summed E-state index contributed by atoms with van der Waals surface area (Å²) in [5.74, 6) is -0.906. The zero-order valence-electron chi connectivity index (χ0n) is 15.1. The average molecular weight is 401 g/mol. The molecular formula is C22H15N3O3S. The van der Waals surface area contributed by atoms with Crippen LogP contribution in [-0.4, -0.2) is 27.0 Å². The van der Waals surface area contributed by atoms with Crippen LogP contribution in [0.3, 0.4) is 0 Å². The summed E-state index contributed by atoms with van der Waals surface area (Å²) in [4.78, 5) is 38.3. The predicted molar refractivity (Wildman–Crippen MR) is 112 cm³/mol. The molecule has 6 nitrogen and oxygen atoms in total. The summed E-state index contributed by atoms with van der Waals surface area (Å²) in [6.07, 6.45) is 0. The number of amides is 2. The molecule has 1 aromatic heterocycles. The molecule has 1 N–H and O–H groups in total. The van der Waals surface area contributed by atoms with Gasteiger partial charge in [0.1, 0.15) is 0 Å². The van der Waals surface area contributed by atoms with Gasteiger partial charge in [-0.15, -0.1) is 0 Å². The predicted octanol–water partition coefficient (Wildman–Crippen LogP) is 4.26. The molecule has 7 heteroatoms. The SMILES string of the molecule is O=C(NC(=O)n1c(=S)n(C(=O)c2ccccc2)c2ccccc21)c1ccccc1. The molecule has 142 valence electrons. The van der Waals surface area contributed by atoms with Crippen molar-refractivity contribution in [3.05, 3.63) is 101 Å². The van der Waals surface area contributed by atoms with Gasteiger partial charge in [0.25, 0.3) is 11.8 Å². The number of imide groups is 1. The lowest BCUT2D eigenvalue weighted by atomic mass is 10.2. The van der Waals surface area contributed by atoms with E-state index < -0.39 is 11.9 Å². The molecule has 0 aliphatic carbocycles. The molecule has 0 saturated carbocycles. The second-order valence-electron chi connectivity index (χ2n) is 6.24. The van der Waals surface area contributed by atoms with Crippen molar-refractivity contribution in [2.24, 2.45) is 0 Å². The number of nitrogens with zero attached hydrogens (tertiary/aromatic N) is 2. The highest BCUT2D eigenvalue weighted by Gasteiger charge is 2.22. The number of benzene rings is 3. The maximum absolute atomic E-state index is 13.0. The van der Waals surface area contributed by atoms with E-state index in [0.717, 1.165) is 4.57 Å². The first kappa shape index (κ1) is 18.5. The summed E-state index contributed by atoms with van der Waals surface area (Å²) in [6.45, 7) is 0. The molecule has 1 heterocycles. The molecule has 0 aliphatic rings. The Bertz CT molecular complexity index is 1290. The highest BCUT2D eigenvalue weighted by molar-refractivity contribution is 7.71. The van der Waals surface area contributed by atoms with Crippen molar-refractivity contribution in [3.63, 3.8) is 0 Å². The lowest BCUT2D eigenvalue weighted by molar-refractivity contribution is 0.0958. The summed E-state index contributed by atoms with van der Waals surface area (Å²) >= 11 is 5.45. The van der Waals surface area contributed by atoms with Crippen LogP contribution in [0.5, 0.6) is 0 Å². The van der Waals surface area contributed by atoms with E-state index in [9.17, 15) is 14.4 Å². The fourth-order valence-electron chi connectivity index (χ4n) is 3.07. The van der Waals surface area contributed by atoms with Crippen LogP contribution < -0.4 is 5.32 Å². The van der Waals surface area contributed by atoms with E-state index in [1.54, 1.807) is 78.9 Å². The number of imidazole rings is 1. The third-order valence-electron chi connectivity index (χ3n) is 4.43. The standard InChI is InChI=1S/C22H15N3O3S/c26-19(15-9-3-1-4-10-15)23-21(28)25-18-14-8-7-13-17(18)24(22(25)29)20(27)16-11-5-2-6-12-16/h1-14H,(H,23,26,28). The number of carbonyl (C=O) groups is 3. The monoisotopic (exact) mass is 401 g/mol. The van der Waals surface area contributed by atoms with Gasteiger partial charge in [0.15, 0.2) is 4.77 Å². The van der Waals surface area contributed by atoms with Crippen LogP contribution in [0.25, 0.3) is 11.0 Å². The van der Waals surface area contributed by atoms with Crippen LogP contribution in [0.2, 0.25) is 0 Å². The molecule has 0 saturated heterocycles. The Balaban J connectivity index is 1.79. The van der Waals surface area contributed by atoms with Crippen molar-refractivity contribution in [1.29, 1.82) is 0 Å². The van der Waals surface area contributed by atoms with Gasteiger partial charge in [-0.2, -0.15) is 0 Å². The van der Waals surface area contributed by atoms with Crippen molar-refractivity contribution in [1.82, 2.24) is 14.5 Å². The lowest BCUT2D eigenvalue weighted by Crippen LogP contribution is -2.34. The van der Waals surface area contributed by atoms with Crippen molar-refractivity contribution in [2.45, 2.75) is 0 Å². The van der Waals surface area contributed by atoms with Crippen LogP contribution in [0.4, 0.5) is 4.79 Å². The van der Waals surface area contributed by atoms with E-state index in [2.05, 4.69) is 5.32 Å². The Morgan fingerprint density at radius 2 is 1.14 bits per heavy atom. The fourth-order valence-corrected chi connectivity index (χ4v) is 3.43. The summed E-state index contributed by atoms with van der Waals surface area (Å²) in [6, 6.07) is 23.2. The fraction of sp³-hybridized carbons (Fsp3) is 0. The van der Waals surface area contributed by atoms with Crippen molar-refractivity contribution in [2.75, 3.05) is 0 Å². The lowest BCUT2D eigenvalue weighted by Gasteiger charge is -2.06. The molecule has 0 atom stereocenters. The molecule has 4 rings (SSSR count). The maximum atomic E-state index is 13.0. The molecule has 2 amide bonds. The van der Waals surface area contributed by atoms with E-state index in [-0.39, 0.29) is 10.7 Å². The van der Waals surface area contributed by atoms with E-state index in [1.165, 1.54) is 4.57 Å². The minimum atomic E-state index is -0.723. The second-order valence-corrected chi connectivity index (χ2v) is 6.60. The first-order valence-electron chi connectivity index (χ1n) is 8.81. The van der Waals surface area contributed by atoms with Gasteiger partial charge in [-0.3, -0.25) is 19.5 Å². The molecule has 0 bridgehead atoms. The normalized spacial score (nSPS) is 10.6. The van der Waals surface area contributed by atoms with Gasteiger partial charge in [-0.1, -0.05) is 48.5 Å². The van der Waals surface area contributed by atoms with E-state index in [0.29, 0.717) is 22.2 Å². The number of nitrogens with one attached hydrogen (secondary N) is 1. The molecule has 29 heavy (non-hydrogen) atoms. The Hall–Kier alpha value is -3.84. The number of para-hydroxylation sites is 2. The quantitative estimate of drug-likeness (QED) is 0.510. The van der Waals surface area contributed by atoms with Gasteiger partial charge in [0.05, 0.1) is 11.0 Å². The van der Waals surface area contributed by atoms with E-state index in [4.69, 9.17) is 12.2 Å².